The molecule has 1 fully saturated rings. The van der Waals surface area contributed by atoms with E-state index in [0.29, 0.717) is 5.92 Å². The Hall–Kier alpha value is -0.120. The molecule has 0 bridgehead atoms. The highest BCUT2D eigenvalue weighted by Gasteiger charge is 2.30. The second-order valence-corrected chi connectivity index (χ2v) is 6.79. The lowest BCUT2D eigenvalue weighted by atomic mass is 9.94. The number of hydrogen-bond donors (Lipinski definition) is 1. The van der Waals surface area contributed by atoms with Crippen molar-refractivity contribution in [3.63, 3.8) is 0 Å². The first kappa shape index (κ1) is 15.9. The Labute approximate surface area is 114 Å². The number of nitrogens with zero attached hydrogens (tertiary/aromatic N) is 2. The summed E-state index contributed by atoms with van der Waals surface area (Å²) in [6.45, 7) is 11.5. The summed E-state index contributed by atoms with van der Waals surface area (Å²) in [5, 5.41) is 0. The molecule has 3 heteroatoms. The number of likely N-dealkylation sites (tertiary alicyclic amines) is 1. The third-order valence-corrected chi connectivity index (χ3v) is 4.30. The van der Waals surface area contributed by atoms with Crippen LogP contribution in [0.25, 0.3) is 0 Å². The van der Waals surface area contributed by atoms with Crippen LogP contribution in [-0.4, -0.2) is 56.1 Å². The molecule has 0 aromatic heterocycles. The van der Waals surface area contributed by atoms with E-state index in [1.165, 1.54) is 32.5 Å². The summed E-state index contributed by atoms with van der Waals surface area (Å²) in [7, 11) is 4.40. The third-order valence-electron chi connectivity index (χ3n) is 4.30. The fourth-order valence-corrected chi connectivity index (χ4v) is 3.27. The molecule has 2 N–H and O–H groups in total. The zero-order valence-electron chi connectivity index (χ0n) is 13.0. The zero-order chi connectivity index (χ0) is 13.7. The number of nitrogens with two attached hydrogens (primary N) is 1. The minimum absolute atomic E-state index is 0.707. The van der Waals surface area contributed by atoms with Crippen molar-refractivity contribution in [2.75, 3.05) is 40.3 Å². The molecule has 0 radical (unpaired) electrons. The van der Waals surface area contributed by atoms with Crippen LogP contribution >= 0.6 is 0 Å². The standard InChI is InChI=1S/C15H33N3/c1-12(2)8-14(9-16)6-7-18-10-13(3)15(11-18)17(4)5/h12-15H,6-11,16H2,1-5H3. The molecule has 0 saturated carbocycles. The van der Waals surface area contributed by atoms with Crippen LogP contribution in [0.3, 0.4) is 0 Å². The molecule has 1 heterocycles. The Balaban J connectivity index is 2.31. The molecule has 1 saturated heterocycles. The predicted molar refractivity (Wildman–Crippen MR) is 79.7 cm³/mol. The average molecular weight is 255 g/mol. The topological polar surface area (TPSA) is 32.5 Å². The first-order valence-corrected chi connectivity index (χ1v) is 7.52. The first-order valence-electron chi connectivity index (χ1n) is 7.52. The predicted octanol–water partition coefficient (Wildman–Crippen LogP) is 1.88. The normalized spacial score (nSPS) is 27.3. The molecule has 18 heavy (non-hydrogen) atoms. The van der Waals surface area contributed by atoms with Gasteiger partial charge in [-0.15, -0.1) is 0 Å². The summed E-state index contributed by atoms with van der Waals surface area (Å²) in [4.78, 5) is 5.00. The van der Waals surface area contributed by atoms with Crippen molar-refractivity contribution in [2.45, 2.75) is 39.7 Å². The van der Waals surface area contributed by atoms with Crippen LogP contribution in [-0.2, 0) is 0 Å². The van der Waals surface area contributed by atoms with Crippen molar-refractivity contribution in [1.29, 1.82) is 0 Å². The molecular weight excluding hydrogens is 222 g/mol. The van der Waals surface area contributed by atoms with E-state index >= 15 is 0 Å². The van der Waals surface area contributed by atoms with Crippen LogP contribution in [0.4, 0.5) is 0 Å². The van der Waals surface area contributed by atoms with E-state index in [0.717, 1.165) is 24.4 Å². The quantitative estimate of drug-likeness (QED) is 0.754. The average Bonchev–Trinajstić information content (AvgIpc) is 2.65. The molecule has 0 aromatic rings. The Bertz CT molecular complexity index is 228. The van der Waals surface area contributed by atoms with Crippen LogP contribution < -0.4 is 5.73 Å². The van der Waals surface area contributed by atoms with Gasteiger partial charge in [0.15, 0.2) is 0 Å². The molecule has 0 aromatic carbocycles. The lowest BCUT2D eigenvalue weighted by molar-refractivity contribution is 0.243. The molecule has 1 aliphatic rings. The van der Waals surface area contributed by atoms with Crippen LogP contribution in [0.1, 0.15) is 33.6 Å². The van der Waals surface area contributed by atoms with Gasteiger partial charge in [0.05, 0.1) is 0 Å². The summed E-state index contributed by atoms with van der Waals surface area (Å²) >= 11 is 0. The Morgan fingerprint density at radius 1 is 1.28 bits per heavy atom. The third kappa shape index (κ3) is 4.87. The number of rotatable bonds is 7. The molecule has 3 atom stereocenters. The summed E-state index contributed by atoms with van der Waals surface area (Å²) < 4.78 is 0. The van der Waals surface area contributed by atoms with Gasteiger partial charge in [-0.1, -0.05) is 20.8 Å². The van der Waals surface area contributed by atoms with E-state index in [2.05, 4.69) is 44.7 Å². The van der Waals surface area contributed by atoms with Gasteiger partial charge in [-0.25, -0.2) is 0 Å². The SMILES string of the molecule is CC(C)CC(CN)CCN1CC(C)C(N(C)C)C1. The highest BCUT2D eigenvalue weighted by atomic mass is 15.2. The smallest absolute Gasteiger partial charge is 0.0254 e. The molecule has 1 rings (SSSR count). The monoisotopic (exact) mass is 255 g/mol. The molecule has 3 nitrogen and oxygen atoms in total. The number of likely N-dealkylation sites (N-methyl/N-ethyl adjacent to an activating group) is 1. The fourth-order valence-electron chi connectivity index (χ4n) is 3.27. The van der Waals surface area contributed by atoms with Crippen molar-refractivity contribution >= 4 is 0 Å². The van der Waals surface area contributed by atoms with Gasteiger partial charge >= 0.3 is 0 Å². The van der Waals surface area contributed by atoms with Gasteiger partial charge < -0.3 is 15.5 Å². The minimum atomic E-state index is 0.707. The van der Waals surface area contributed by atoms with E-state index in [1.807, 2.05) is 0 Å². The lowest BCUT2D eigenvalue weighted by Gasteiger charge is -2.23. The maximum absolute atomic E-state index is 5.88. The molecular formula is C15H33N3. The molecule has 1 aliphatic heterocycles. The summed E-state index contributed by atoms with van der Waals surface area (Å²) in [6, 6.07) is 0.728. The van der Waals surface area contributed by atoms with Gasteiger partial charge in [-0.2, -0.15) is 0 Å². The van der Waals surface area contributed by atoms with Gasteiger partial charge in [-0.05, 0) is 57.8 Å². The highest BCUT2D eigenvalue weighted by Crippen LogP contribution is 2.22. The van der Waals surface area contributed by atoms with Crippen molar-refractivity contribution in [2.24, 2.45) is 23.5 Å². The maximum Gasteiger partial charge on any atom is 0.0254 e. The minimum Gasteiger partial charge on any atom is -0.330 e. The van der Waals surface area contributed by atoms with Crippen molar-refractivity contribution < 1.29 is 0 Å². The highest BCUT2D eigenvalue weighted by molar-refractivity contribution is 4.86. The molecule has 108 valence electrons. The summed E-state index contributed by atoms with van der Waals surface area (Å²) in [6.07, 6.45) is 2.54. The first-order chi connectivity index (χ1) is 8.43. The van der Waals surface area contributed by atoms with E-state index in [9.17, 15) is 0 Å². The fraction of sp³-hybridized carbons (Fsp3) is 1.00. The van der Waals surface area contributed by atoms with Crippen LogP contribution in [0, 0.1) is 17.8 Å². The molecule has 0 spiro atoms. The van der Waals surface area contributed by atoms with E-state index in [4.69, 9.17) is 5.73 Å². The van der Waals surface area contributed by atoms with Gasteiger partial charge in [0, 0.05) is 19.1 Å². The van der Waals surface area contributed by atoms with Crippen LogP contribution in [0.15, 0.2) is 0 Å². The second-order valence-electron chi connectivity index (χ2n) is 6.79. The van der Waals surface area contributed by atoms with Crippen LogP contribution in [0.5, 0.6) is 0 Å². The molecule has 0 aliphatic carbocycles. The molecule has 0 amide bonds. The van der Waals surface area contributed by atoms with E-state index in [1.54, 1.807) is 0 Å². The zero-order valence-corrected chi connectivity index (χ0v) is 13.0. The van der Waals surface area contributed by atoms with Crippen LogP contribution in [0.2, 0.25) is 0 Å². The van der Waals surface area contributed by atoms with Gasteiger partial charge in [0.25, 0.3) is 0 Å². The van der Waals surface area contributed by atoms with Gasteiger partial charge in [0.2, 0.25) is 0 Å². The van der Waals surface area contributed by atoms with Crippen molar-refractivity contribution in [3.05, 3.63) is 0 Å². The van der Waals surface area contributed by atoms with Gasteiger partial charge in [-0.3, -0.25) is 0 Å². The summed E-state index contributed by atoms with van der Waals surface area (Å²) in [5.41, 5.74) is 5.88. The lowest BCUT2D eigenvalue weighted by Crippen LogP contribution is -2.34. The Kier molecular flexibility index (Phi) is 6.61. The maximum atomic E-state index is 5.88. The van der Waals surface area contributed by atoms with E-state index < -0.39 is 0 Å². The van der Waals surface area contributed by atoms with Crippen molar-refractivity contribution in [1.82, 2.24) is 9.80 Å². The Morgan fingerprint density at radius 3 is 2.39 bits per heavy atom. The number of hydrogen-bond acceptors (Lipinski definition) is 3. The van der Waals surface area contributed by atoms with E-state index in [-0.39, 0.29) is 0 Å². The second kappa shape index (κ2) is 7.46. The molecule has 3 unspecified atom stereocenters. The largest absolute Gasteiger partial charge is 0.330 e. The summed E-state index contributed by atoms with van der Waals surface area (Å²) in [5.74, 6) is 2.27. The van der Waals surface area contributed by atoms with Gasteiger partial charge in [0.1, 0.15) is 0 Å². The van der Waals surface area contributed by atoms with Crippen molar-refractivity contribution in [3.8, 4) is 0 Å². The Morgan fingerprint density at radius 2 is 1.94 bits per heavy atom.